The van der Waals surface area contributed by atoms with Crippen molar-refractivity contribution in [1.29, 1.82) is 0 Å². The van der Waals surface area contributed by atoms with Gasteiger partial charge in [0.1, 0.15) is 15.9 Å². The minimum absolute atomic E-state index is 0.223. The van der Waals surface area contributed by atoms with E-state index in [4.69, 9.17) is 27.9 Å². The lowest BCUT2D eigenvalue weighted by Crippen LogP contribution is -2.36. The molecule has 0 spiro atoms. The lowest BCUT2D eigenvalue weighted by Gasteiger charge is -2.26. The van der Waals surface area contributed by atoms with Crippen LogP contribution >= 0.6 is 23.2 Å². The fourth-order valence-corrected chi connectivity index (χ4v) is 3.65. The van der Waals surface area contributed by atoms with Crippen molar-refractivity contribution in [2.24, 2.45) is 11.8 Å². The van der Waals surface area contributed by atoms with Crippen LogP contribution in [0.25, 0.3) is 0 Å². The van der Waals surface area contributed by atoms with Crippen LogP contribution in [0.1, 0.15) is 32.3 Å². The van der Waals surface area contributed by atoms with Crippen molar-refractivity contribution in [1.82, 2.24) is 9.88 Å². The molecule has 2 aliphatic rings. The van der Waals surface area contributed by atoms with E-state index in [1.54, 1.807) is 4.90 Å². The third-order valence-corrected chi connectivity index (χ3v) is 4.40. The molecule has 2 fully saturated rings. The molecule has 4 nitrogen and oxygen atoms in total. The van der Waals surface area contributed by atoms with Crippen LogP contribution in [-0.4, -0.2) is 34.7 Å². The molecule has 2 heterocycles. The zero-order valence-electron chi connectivity index (χ0n) is 12.3. The molecular weight excluding hydrogens is 311 g/mol. The summed E-state index contributed by atoms with van der Waals surface area (Å²) in [5.41, 5.74) is 0.675. The number of carbonyl (C=O) groups excluding carboxylic acids is 1. The van der Waals surface area contributed by atoms with Gasteiger partial charge in [0.15, 0.2) is 0 Å². The quantitative estimate of drug-likeness (QED) is 0.732. The van der Waals surface area contributed by atoms with Gasteiger partial charge in [0.2, 0.25) is 0 Å². The molecule has 0 aromatic carbocycles. The van der Waals surface area contributed by atoms with Crippen LogP contribution in [-0.2, 0) is 4.74 Å². The Bertz CT molecular complexity index is 553. The summed E-state index contributed by atoms with van der Waals surface area (Å²) in [6, 6.07) is 3.74. The van der Waals surface area contributed by atoms with Gasteiger partial charge in [-0.2, -0.15) is 0 Å². The molecule has 0 radical (unpaired) electrons. The highest BCUT2D eigenvalue weighted by atomic mass is 35.5. The van der Waals surface area contributed by atoms with E-state index >= 15 is 0 Å². The molecule has 3 rings (SSSR count). The summed E-state index contributed by atoms with van der Waals surface area (Å²) >= 11 is 11.9. The van der Waals surface area contributed by atoms with Gasteiger partial charge in [-0.05, 0) is 56.2 Å². The van der Waals surface area contributed by atoms with E-state index in [2.05, 4.69) is 4.98 Å². The van der Waals surface area contributed by atoms with Crippen molar-refractivity contribution in [2.45, 2.75) is 32.3 Å². The summed E-state index contributed by atoms with van der Waals surface area (Å²) in [5.74, 6) is 1.39. The fraction of sp³-hybridized carbons (Fsp3) is 0.600. The summed E-state index contributed by atoms with van der Waals surface area (Å²) < 4.78 is 5.40. The molecule has 21 heavy (non-hydrogen) atoms. The first kappa shape index (κ1) is 14.9. The van der Waals surface area contributed by atoms with Crippen molar-refractivity contribution >= 4 is 29.3 Å². The van der Waals surface area contributed by atoms with Crippen LogP contribution in [0.5, 0.6) is 0 Å². The maximum atomic E-state index is 12.0. The predicted molar refractivity (Wildman–Crippen MR) is 81.8 cm³/mol. The van der Waals surface area contributed by atoms with Crippen LogP contribution in [0.3, 0.4) is 0 Å². The van der Waals surface area contributed by atoms with Gasteiger partial charge in [0, 0.05) is 13.1 Å². The van der Waals surface area contributed by atoms with Gasteiger partial charge < -0.3 is 9.64 Å². The van der Waals surface area contributed by atoms with Gasteiger partial charge >= 0.3 is 6.09 Å². The van der Waals surface area contributed by atoms with Crippen LogP contribution in [0.4, 0.5) is 4.79 Å². The Hall–Kier alpha value is -1.00. The normalized spacial score (nSPS) is 27.5. The third-order valence-electron chi connectivity index (χ3n) is 4.02. The van der Waals surface area contributed by atoms with E-state index in [-0.39, 0.29) is 6.09 Å². The highest BCUT2D eigenvalue weighted by Crippen LogP contribution is 2.58. The first-order chi connectivity index (χ1) is 9.74. The molecule has 114 valence electrons. The zero-order valence-corrected chi connectivity index (χ0v) is 13.8. The number of fused-ring (bicyclic) bond motifs is 1. The molecule has 2 unspecified atom stereocenters. The largest absolute Gasteiger partial charge is 0.444 e. The van der Waals surface area contributed by atoms with E-state index in [0.29, 0.717) is 28.1 Å². The summed E-state index contributed by atoms with van der Waals surface area (Å²) in [6.07, 6.45) is -0.223. The van der Waals surface area contributed by atoms with Gasteiger partial charge in [-0.3, -0.25) is 0 Å². The van der Waals surface area contributed by atoms with Crippen LogP contribution in [0.2, 0.25) is 10.3 Å². The van der Waals surface area contributed by atoms with Crippen molar-refractivity contribution in [3.63, 3.8) is 0 Å². The summed E-state index contributed by atoms with van der Waals surface area (Å²) in [5, 5.41) is 0.845. The Morgan fingerprint density at radius 1 is 1.24 bits per heavy atom. The number of nitrogens with zero attached hydrogens (tertiary/aromatic N) is 2. The van der Waals surface area contributed by atoms with Crippen molar-refractivity contribution in [2.75, 3.05) is 13.1 Å². The highest BCUT2D eigenvalue weighted by molar-refractivity contribution is 6.32. The number of halogens is 2. The number of pyridine rings is 1. The lowest BCUT2D eigenvalue weighted by atomic mass is 10.1. The van der Waals surface area contributed by atoms with Crippen LogP contribution in [0.15, 0.2) is 12.1 Å². The molecule has 6 heteroatoms. The summed E-state index contributed by atoms with van der Waals surface area (Å²) in [7, 11) is 0. The Morgan fingerprint density at radius 3 is 2.24 bits per heavy atom. The second-order valence-corrected chi connectivity index (χ2v) is 7.56. The van der Waals surface area contributed by atoms with Gasteiger partial charge in [0.25, 0.3) is 0 Å². The number of piperidine rings is 1. The Morgan fingerprint density at radius 2 is 1.76 bits per heavy atom. The Kier molecular flexibility index (Phi) is 3.57. The Labute approximate surface area is 134 Å². The molecule has 1 aromatic rings. The smallest absolute Gasteiger partial charge is 0.410 e. The number of aromatic nitrogens is 1. The second-order valence-electron chi connectivity index (χ2n) is 6.78. The summed E-state index contributed by atoms with van der Waals surface area (Å²) in [6.45, 7) is 7.12. The molecule has 1 saturated heterocycles. The van der Waals surface area contributed by atoms with E-state index in [0.717, 1.165) is 18.7 Å². The maximum absolute atomic E-state index is 12.0. The highest BCUT2D eigenvalue weighted by Gasteiger charge is 2.57. The van der Waals surface area contributed by atoms with Gasteiger partial charge in [-0.15, -0.1) is 0 Å². The Balaban J connectivity index is 1.62. The predicted octanol–water partition coefficient (Wildman–Crippen LogP) is 3.97. The number of carbonyl (C=O) groups is 1. The van der Waals surface area contributed by atoms with Crippen molar-refractivity contribution < 1.29 is 9.53 Å². The fourth-order valence-electron chi connectivity index (χ4n) is 3.17. The average molecular weight is 329 g/mol. The number of amides is 1. The second kappa shape index (κ2) is 5.03. The molecule has 1 saturated carbocycles. The zero-order chi connectivity index (χ0) is 15.4. The number of ether oxygens (including phenoxy) is 1. The first-order valence-electron chi connectivity index (χ1n) is 7.05. The molecule has 0 bridgehead atoms. The number of hydrogen-bond donors (Lipinski definition) is 0. The first-order valence-corrected chi connectivity index (χ1v) is 7.81. The molecule has 0 N–H and O–H groups in total. The van der Waals surface area contributed by atoms with E-state index < -0.39 is 5.60 Å². The van der Waals surface area contributed by atoms with Crippen molar-refractivity contribution in [3.05, 3.63) is 28.0 Å². The molecule has 1 aliphatic carbocycles. The minimum atomic E-state index is -0.449. The van der Waals surface area contributed by atoms with E-state index in [1.165, 1.54) is 0 Å². The average Bonchev–Trinajstić information content (AvgIpc) is 2.81. The summed E-state index contributed by atoms with van der Waals surface area (Å²) in [4.78, 5) is 17.8. The standard InChI is InChI=1S/C15H18Cl2N2O2/c1-15(2,3)21-14(20)19-6-9-10(7-19)13(9)8-4-11(16)18-12(17)5-8/h4-5,9-10,13H,6-7H2,1-3H3. The molecule has 1 aliphatic heterocycles. The molecule has 1 aromatic heterocycles. The van der Waals surface area contributed by atoms with Gasteiger partial charge in [-0.1, -0.05) is 23.2 Å². The number of hydrogen-bond acceptors (Lipinski definition) is 3. The maximum Gasteiger partial charge on any atom is 0.410 e. The van der Waals surface area contributed by atoms with Gasteiger partial charge in [0.05, 0.1) is 0 Å². The van der Waals surface area contributed by atoms with Gasteiger partial charge in [-0.25, -0.2) is 9.78 Å². The SMILES string of the molecule is CC(C)(C)OC(=O)N1CC2C(C1)C2c1cc(Cl)nc(Cl)c1. The number of likely N-dealkylation sites (tertiary alicyclic amines) is 1. The minimum Gasteiger partial charge on any atom is -0.444 e. The number of rotatable bonds is 1. The van der Waals surface area contributed by atoms with Crippen molar-refractivity contribution in [3.8, 4) is 0 Å². The monoisotopic (exact) mass is 328 g/mol. The van der Waals surface area contributed by atoms with E-state index in [1.807, 2.05) is 32.9 Å². The third kappa shape index (κ3) is 3.11. The molecule has 1 amide bonds. The van der Waals surface area contributed by atoms with Crippen LogP contribution < -0.4 is 0 Å². The van der Waals surface area contributed by atoms with E-state index in [9.17, 15) is 4.79 Å². The topological polar surface area (TPSA) is 42.4 Å². The lowest BCUT2D eigenvalue weighted by molar-refractivity contribution is 0.0271. The molecular formula is C15H18Cl2N2O2. The van der Waals surface area contributed by atoms with Crippen LogP contribution in [0, 0.1) is 11.8 Å². The molecule has 2 atom stereocenters.